The van der Waals surface area contributed by atoms with Crippen molar-refractivity contribution >= 4 is 23.2 Å². The van der Waals surface area contributed by atoms with Crippen molar-refractivity contribution in [3.63, 3.8) is 0 Å². The Bertz CT molecular complexity index is 392. The summed E-state index contributed by atoms with van der Waals surface area (Å²) in [6.45, 7) is 5.54. The summed E-state index contributed by atoms with van der Waals surface area (Å²) in [7, 11) is 0. The third-order valence-corrected chi connectivity index (χ3v) is 4.64. The highest BCUT2D eigenvalue weighted by Crippen LogP contribution is 2.40. The smallest absolute Gasteiger partial charge is 0.0595 e. The minimum Gasteiger partial charge on any atom is -0.314 e. The van der Waals surface area contributed by atoms with E-state index < -0.39 is 0 Å². The maximum atomic E-state index is 6.09. The lowest BCUT2D eigenvalue weighted by Gasteiger charge is -2.22. The zero-order valence-electron chi connectivity index (χ0n) is 10.3. The molecule has 1 saturated carbocycles. The van der Waals surface area contributed by atoms with Gasteiger partial charge in [-0.15, -0.1) is 0 Å². The van der Waals surface area contributed by atoms with Crippen LogP contribution in [0.4, 0.5) is 0 Å². The molecule has 1 aliphatic carbocycles. The predicted octanol–water partition coefficient (Wildman–Crippen LogP) is 4.49. The van der Waals surface area contributed by atoms with E-state index in [2.05, 4.69) is 25.2 Å². The number of halogens is 2. The van der Waals surface area contributed by atoms with E-state index in [4.69, 9.17) is 23.2 Å². The van der Waals surface area contributed by atoms with Crippen LogP contribution in [0.5, 0.6) is 0 Å². The molecule has 3 unspecified atom stereocenters. The first-order valence-electron chi connectivity index (χ1n) is 6.31. The molecule has 1 aromatic carbocycles. The number of nitrogens with one attached hydrogen (secondary N) is 1. The van der Waals surface area contributed by atoms with Crippen molar-refractivity contribution in [1.82, 2.24) is 5.32 Å². The zero-order chi connectivity index (χ0) is 12.4. The lowest BCUT2D eigenvalue weighted by molar-refractivity contribution is 0.412. The van der Waals surface area contributed by atoms with Gasteiger partial charge in [0.2, 0.25) is 0 Å². The molecule has 1 nitrogen and oxygen atoms in total. The molecular weight excluding hydrogens is 253 g/mol. The Morgan fingerprint density at radius 2 is 2.00 bits per heavy atom. The average Bonchev–Trinajstić information content (AvgIpc) is 2.66. The first-order chi connectivity index (χ1) is 8.13. The summed E-state index contributed by atoms with van der Waals surface area (Å²) in [4.78, 5) is 0. The normalized spacial score (nSPS) is 28.6. The van der Waals surface area contributed by atoms with Crippen LogP contribution in [0.15, 0.2) is 18.2 Å². The minimum absolute atomic E-state index is 0.605. The highest BCUT2D eigenvalue weighted by Gasteiger charge is 2.33. The van der Waals surface area contributed by atoms with E-state index in [-0.39, 0.29) is 0 Å². The van der Waals surface area contributed by atoms with Gasteiger partial charge in [-0.3, -0.25) is 0 Å². The van der Waals surface area contributed by atoms with E-state index in [1.807, 2.05) is 12.1 Å². The number of hydrogen-bond donors (Lipinski definition) is 1. The van der Waals surface area contributed by atoms with Crippen molar-refractivity contribution in [2.75, 3.05) is 6.54 Å². The summed E-state index contributed by atoms with van der Waals surface area (Å²) in [6.07, 6.45) is 2.48. The lowest BCUT2D eigenvalue weighted by atomic mass is 9.89. The molecule has 1 N–H and O–H groups in total. The molecular formula is C14H19Cl2N. The lowest BCUT2D eigenvalue weighted by Crippen LogP contribution is -2.32. The van der Waals surface area contributed by atoms with Crippen molar-refractivity contribution in [3.8, 4) is 0 Å². The molecule has 0 heterocycles. The molecule has 0 amide bonds. The molecule has 0 bridgehead atoms. The summed E-state index contributed by atoms with van der Waals surface area (Å²) >= 11 is 12.0. The van der Waals surface area contributed by atoms with Crippen LogP contribution in [0.2, 0.25) is 10.0 Å². The van der Waals surface area contributed by atoms with E-state index in [0.29, 0.717) is 27.9 Å². The number of rotatable bonds is 3. The first-order valence-corrected chi connectivity index (χ1v) is 7.07. The van der Waals surface area contributed by atoms with E-state index in [1.54, 1.807) is 0 Å². The second-order valence-corrected chi connectivity index (χ2v) is 5.70. The minimum atomic E-state index is 0.605. The molecule has 0 saturated heterocycles. The van der Waals surface area contributed by atoms with Gasteiger partial charge in [0.1, 0.15) is 0 Å². The van der Waals surface area contributed by atoms with Crippen molar-refractivity contribution in [2.45, 2.75) is 38.6 Å². The van der Waals surface area contributed by atoms with Crippen molar-refractivity contribution < 1.29 is 0 Å². The zero-order valence-corrected chi connectivity index (χ0v) is 11.9. The van der Waals surface area contributed by atoms with E-state index in [1.165, 1.54) is 18.4 Å². The fraction of sp³-hybridized carbons (Fsp3) is 0.571. The Morgan fingerprint density at radius 3 is 2.65 bits per heavy atom. The van der Waals surface area contributed by atoms with Crippen molar-refractivity contribution in [3.05, 3.63) is 33.8 Å². The third-order valence-electron chi connectivity index (χ3n) is 3.90. The van der Waals surface area contributed by atoms with Gasteiger partial charge in [-0.2, -0.15) is 0 Å². The van der Waals surface area contributed by atoms with Crippen molar-refractivity contribution in [1.29, 1.82) is 0 Å². The van der Waals surface area contributed by atoms with E-state index in [0.717, 1.165) is 6.54 Å². The second kappa shape index (κ2) is 5.60. The second-order valence-electron chi connectivity index (χ2n) is 4.88. The third kappa shape index (κ3) is 2.78. The fourth-order valence-corrected chi connectivity index (χ4v) is 3.24. The molecule has 17 heavy (non-hydrogen) atoms. The molecule has 2 rings (SSSR count). The monoisotopic (exact) mass is 271 g/mol. The Morgan fingerprint density at radius 1 is 1.24 bits per heavy atom. The van der Waals surface area contributed by atoms with Gasteiger partial charge in [0.05, 0.1) is 10.0 Å². The summed E-state index contributed by atoms with van der Waals surface area (Å²) < 4.78 is 0. The van der Waals surface area contributed by atoms with Gasteiger partial charge in [0.15, 0.2) is 0 Å². The molecule has 3 atom stereocenters. The van der Waals surface area contributed by atoms with Gasteiger partial charge in [0, 0.05) is 6.04 Å². The molecule has 1 aromatic rings. The SMILES string of the molecule is CCNC1CCC(c2ccc(Cl)c(Cl)c2)C1C. The standard InChI is InChI=1S/C14H19Cl2N/c1-3-17-14-7-5-11(9(14)2)10-4-6-12(15)13(16)8-10/h4,6,8-9,11,14,17H,3,5,7H2,1-2H3. The first kappa shape index (κ1) is 13.2. The van der Waals surface area contributed by atoms with Gasteiger partial charge in [0.25, 0.3) is 0 Å². The Hall–Kier alpha value is -0.240. The van der Waals surface area contributed by atoms with Crippen LogP contribution >= 0.6 is 23.2 Å². The van der Waals surface area contributed by atoms with Crippen LogP contribution in [0.1, 0.15) is 38.2 Å². The van der Waals surface area contributed by atoms with Gasteiger partial charge in [-0.25, -0.2) is 0 Å². The highest BCUT2D eigenvalue weighted by molar-refractivity contribution is 6.42. The quantitative estimate of drug-likeness (QED) is 0.855. The predicted molar refractivity (Wildman–Crippen MR) is 75.1 cm³/mol. The van der Waals surface area contributed by atoms with E-state index in [9.17, 15) is 0 Å². The van der Waals surface area contributed by atoms with Crippen molar-refractivity contribution in [2.24, 2.45) is 5.92 Å². The van der Waals surface area contributed by atoms with Gasteiger partial charge in [-0.05, 0) is 48.9 Å². The summed E-state index contributed by atoms with van der Waals surface area (Å²) in [6, 6.07) is 6.69. The molecule has 1 fully saturated rings. The Labute approximate surface area is 114 Å². The Kier molecular flexibility index (Phi) is 4.35. The van der Waals surface area contributed by atoms with Crippen LogP contribution in [-0.4, -0.2) is 12.6 Å². The molecule has 0 radical (unpaired) electrons. The van der Waals surface area contributed by atoms with Crippen LogP contribution in [-0.2, 0) is 0 Å². The molecule has 0 aromatic heterocycles. The maximum Gasteiger partial charge on any atom is 0.0595 e. The fourth-order valence-electron chi connectivity index (χ4n) is 2.93. The molecule has 0 spiro atoms. The van der Waals surface area contributed by atoms with Gasteiger partial charge in [-0.1, -0.05) is 43.1 Å². The summed E-state index contributed by atoms with van der Waals surface area (Å²) in [5.41, 5.74) is 1.33. The summed E-state index contributed by atoms with van der Waals surface area (Å²) in [5, 5.41) is 4.87. The average molecular weight is 272 g/mol. The van der Waals surface area contributed by atoms with Crippen LogP contribution in [0.25, 0.3) is 0 Å². The van der Waals surface area contributed by atoms with Gasteiger partial charge < -0.3 is 5.32 Å². The van der Waals surface area contributed by atoms with Crippen LogP contribution in [0, 0.1) is 5.92 Å². The molecule has 94 valence electrons. The molecule has 1 aliphatic rings. The highest BCUT2D eigenvalue weighted by atomic mass is 35.5. The largest absolute Gasteiger partial charge is 0.314 e. The number of hydrogen-bond acceptors (Lipinski definition) is 1. The van der Waals surface area contributed by atoms with Crippen LogP contribution in [0.3, 0.4) is 0 Å². The summed E-state index contributed by atoms with van der Waals surface area (Å²) in [5.74, 6) is 1.26. The Balaban J connectivity index is 2.15. The molecule has 0 aliphatic heterocycles. The van der Waals surface area contributed by atoms with Crippen LogP contribution < -0.4 is 5.32 Å². The maximum absolute atomic E-state index is 6.09. The number of benzene rings is 1. The van der Waals surface area contributed by atoms with Gasteiger partial charge >= 0.3 is 0 Å². The topological polar surface area (TPSA) is 12.0 Å². The van der Waals surface area contributed by atoms with E-state index >= 15 is 0 Å². The molecule has 3 heteroatoms.